The molecule has 6 heteroatoms. The molecule has 0 radical (unpaired) electrons. The first kappa shape index (κ1) is 14.7. The lowest BCUT2D eigenvalue weighted by Gasteiger charge is -2.04. The van der Waals surface area contributed by atoms with Gasteiger partial charge >= 0.3 is 6.61 Å². The van der Waals surface area contributed by atoms with E-state index in [1.807, 2.05) is 0 Å². The molecule has 0 N–H and O–H groups in total. The van der Waals surface area contributed by atoms with E-state index in [9.17, 15) is 13.6 Å². The first-order chi connectivity index (χ1) is 9.54. The van der Waals surface area contributed by atoms with E-state index in [1.165, 1.54) is 41.7 Å². The Morgan fingerprint density at radius 1 is 1.35 bits per heavy atom. The van der Waals surface area contributed by atoms with Crippen molar-refractivity contribution in [2.24, 2.45) is 0 Å². The molecule has 0 spiro atoms. The summed E-state index contributed by atoms with van der Waals surface area (Å²) in [7, 11) is 0. The number of halogens is 3. The van der Waals surface area contributed by atoms with Crippen LogP contribution in [0.25, 0.3) is 6.08 Å². The second-order valence-electron chi connectivity index (χ2n) is 3.77. The van der Waals surface area contributed by atoms with Crippen molar-refractivity contribution < 1.29 is 18.3 Å². The van der Waals surface area contributed by atoms with Crippen LogP contribution >= 0.6 is 22.9 Å². The number of rotatable bonds is 5. The third-order valence-corrected chi connectivity index (χ3v) is 3.58. The van der Waals surface area contributed by atoms with Crippen LogP contribution in [0.2, 0.25) is 5.02 Å². The lowest BCUT2D eigenvalue weighted by molar-refractivity contribution is -0.0498. The van der Waals surface area contributed by atoms with Crippen molar-refractivity contribution in [2.45, 2.75) is 6.61 Å². The summed E-state index contributed by atoms with van der Waals surface area (Å²) in [5, 5.41) is 2.36. The summed E-state index contributed by atoms with van der Waals surface area (Å²) < 4.78 is 28.4. The molecule has 0 atom stereocenters. The minimum absolute atomic E-state index is 0.0431. The third-order valence-electron chi connectivity index (χ3n) is 2.33. The monoisotopic (exact) mass is 314 g/mol. The highest BCUT2D eigenvalue weighted by atomic mass is 35.5. The molecule has 0 amide bonds. The van der Waals surface area contributed by atoms with Crippen molar-refractivity contribution in [1.29, 1.82) is 0 Å². The molecule has 2 nitrogen and oxygen atoms in total. The van der Waals surface area contributed by atoms with Crippen LogP contribution in [0.5, 0.6) is 5.75 Å². The third kappa shape index (κ3) is 4.15. The first-order valence-corrected chi connectivity index (χ1v) is 6.81. The highest BCUT2D eigenvalue weighted by Gasteiger charge is 2.07. The van der Waals surface area contributed by atoms with E-state index in [4.69, 9.17) is 11.6 Å². The SMILES string of the molecule is O=C(C=Cc1cc(Cl)cs1)c1cccc(OC(F)F)c1. The molecule has 104 valence electrons. The number of hydrogen-bond acceptors (Lipinski definition) is 3. The average Bonchev–Trinajstić information content (AvgIpc) is 2.81. The average molecular weight is 315 g/mol. The van der Waals surface area contributed by atoms with Gasteiger partial charge < -0.3 is 4.74 Å². The molecule has 0 saturated carbocycles. The molecule has 0 saturated heterocycles. The van der Waals surface area contributed by atoms with Crippen molar-refractivity contribution in [3.8, 4) is 5.75 Å². The minimum Gasteiger partial charge on any atom is -0.435 e. The lowest BCUT2D eigenvalue weighted by Crippen LogP contribution is -2.03. The Labute approximate surface area is 123 Å². The molecule has 1 aromatic heterocycles. The molecule has 0 aliphatic carbocycles. The summed E-state index contributed by atoms with van der Waals surface area (Å²) >= 11 is 7.17. The molecule has 0 fully saturated rings. The van der Waals surface area contributed by atoms with E-state index in [0.29, 0.717) is 5.02 Å². The van der Waals surface area contributed by atoms with Gasteiger partial charge in [-0.1, -0.05) is 23.7 Å². The van der Waals surface area contributed by atoms with Gasteiger partial charge in [0.05, 0.1) is 5.02 Å². The van der Waals surface area contributed by atoms with E-state index < -0.39 is 6.61 Å². The van der Waals surface area contributed by atoms with Crippen LogP contribution < -0.4 is 4.74 Å². The van der Waals surface area contributed by atoms with Crippen molar-refractivity contribution in [3.05, 3.63) is 57.3 Å². The number of ketones is 1. The summed E-state index contributed by atoms with van der Waals surface area (Å²) in [5.41, 5.74) is 0.280. The minimum atomic E-state index is -2.91. The second kappa shape index (κ2) is 6.63. The summed E-state index contributed by atoms with van der Waals surface area (Å²) in [4.78, 5) is 12.7. The van der Waals surface area contributed by atoms with Crippen LogP contribution in [0.15, 0.2) is 41.8 Å². The highest BCUT2D eigenvalue weighted by molar-refractivity contribution is 7.11. The number of carbonyl (C=O) groups excluding carboxylic acids is 1. The van der Waals surface area contributed by atoms with Gasteiger partial charge in [-0.05, 0) is 30.4 Å². The zero-order valence-corrected chi connectivity index (χ0v) is 11.6. The van der Waals surface area contributed by atoms with Crippen LogP contribution in [0.3, 0.4) is 0 Å². The lowest BCUT2D eigenvalue weighted by atomic mass is 10.1. The summed E-state index contributed by atoms with van der Waals surface area (Å²) in [5.74, 6) is -0.340. The molecular weight excluding hydrogens is 306 g/mol. The predicted molar refractivity (Wildman–Crippen MR) is 75.8 cm³/mol. The van der Waals surface area contributed by atoms with E-state index in [0.717, 1.165) is 4.88 Å². The largest absolute Gasteiger partial charge is 0.435 e. The fourth-order valence-corrected chi connectivity index (χ4v) is 2.47. The van der Waals surface area contributed by atoms with Gasteiger partial charge in [-0.2, -0.15) is 8.78 Å². The molecule has 2 rings (SSSR count). The van der Waals surface area contributed by atoms with Crippen molar-refractivity contribution in [1.82, 2.24) is 0 Å². The number of alkyl halides is 2. The standard InChI is InChI=1S/C14H9ClF2O2S/c15-10-7-12(20-8-10)4-5-13(18)9-2-1-3-11(6-9)19-14(16)17/h1-8,14H. The second-order valence-corrected chi connectivity index (χ2v) is 5.15. The van der Waals surface area contributed by atoms with E-state index in [2.05, 4.69) is 4.74 Å². The van der Waals surface area contributed by atoms with Gasteiger partial charge in [0, 0.05) is 15.8 Å². The van der Waals surface area contributed by atoms with Gasteiger partial charge in [0.2, 0.25) is 0 Å². The Kier molecular flexibility index (Phi) is 4.87. The Morgan fingerprint density at radius 3 is 2.80 bits per heavy atom. The Morgan fingerprint density at radius 2 is 2.15 bits per heavy atom. The molecule has 2 aromatic rings. The molecule has 0 aliphatic rings. The quantitative estimate of drug-likeness (QED) is 0.579. The number of ether oxygens (including phenoxy) is 1. The van der Waals surface area contributed by atoms with Crippen LogP contribution in [0, 0.1) is 0 Å². The maximum atomic E-state index is 12.1. The van der Waals surface area contributed by atoms with Gasteiger partial charge in [0.1, 0.15) is 5.75 Å². The molecule has 1 heterocycles. The highest BCUT2D eigenvalue weighted by Crippen LogP contribution is 2.21. The van der Waals surface area contributed by atoms with Crippen LogP contribution in [-0.2, 0) is 0 Å². The number of benzene rings is 1. The molecule has 0 aliphatic heterocycles. The maximum absolute atomic E-state index is 12.1. The molecule has 0 bridgehead atoms. The van der Waals surface area contributed by atoms with Crippen LogP contribution in [0.1, 0.15) is 15.2 Å². The van der Waals surface area contributed by atoms with Crippen LogP contribution in [0.4, 0.5) is 8.78 Å². The van der Waals surface area contributed by atoms with Gasteiger partial charge in [-0.25, -0.2) is 0 Å². The van der Waals surface area contributed by atoms with E-state index in [1.54, 1.807) is 17.5 Å². The van der Waals surface area contributed by atoms with E-state index in [-0.39, 0.29) is 17.1 Å². The van der Waals surface area contributed by atoms with Gasteiger partial charge in [-0.15, -0.1) is 11.3 Å². The zero-order chi connectivity index (χ0) is 14.5. The first-order valence-electron chi connectivity index (χ1n) is 5.56. The Hall–Kier alpha value is -1.72. The summed E-state index contributed by atoms with van der Waals surface area (Å²) in [6.07, 6.45) is 2.99. The number of thiophene rings is 1. The molecule has 20 heavy (non-hydrogen) atoms. The van der Waals surface area contributed by atoms with Crippen molar-refractivity contribution in [3.63, 3.8) is 0 Å². The van der Waals surface area contributed by atoms with Crippen molar-refractivity contribution in [2.75, 3.05) is 0 Å². The van der Waals surface area contributed by atoms with Crippen LogP contribution in [-0.4, -0.2) is 12.4 Å². The Bertz CT molecular complexity index is 638. The molecule has 1 aromatic carbocycles. The zero-order valence-electron chi connectivity index (χ0n) is 10.1. The normalized spacial score (nSPS) is 11.2. The summed E-state index contributed by atoms with van der Waals surface area (Å²) in [6, 6.07) is 7.39. The Balaban J connectivity index is 2.10. The molecule has 0 unspecified atom stereocenters. The summed E-state index contributed by atoms with van der Waals surface area (Å²) in [6.45, 7) is -2.91. The maximum Gasteiger partial charge on any atom is 0.387 e. The number of hydrogen-bond donors (Lipinski definition) is 0. The fourth-order valence-electron chi connectivity index (χ4n) is 1.50. The van der Waals surface area contributed by atoms with Gasteiger partial charge in [0.15, 0.2) is 5.78 Å². The fraction of sp³-hybridized carbons (Fsp3) is 0.0714. The number of carbonyl (C=O) groups is 1. The number of allylic oxidation sites excluding steroid dienone is 1. The van der Waals surface area contributed by atoms with Gasteiger partial charge in [0.25, 0.3) is 0 Å². The van der Waals surface area contributed by atoms with Crippen molar-refractivity contribution >= 4 is 34.8 Å². The smallest absolute Gasteiger partial charge is 0.387 e. The van der Waals surface area contributed by atoms with Gasteiger partial charge in [-0.3, -0.25) is 4.79 Å². The molecular formula is C14H9ClF2O2S. The predicted octanol–water partition coefficient (Wildman–Crippen LogP) is 4.90. The topological polar surface area (TPSA) is 26.3 Å². The van der Waals surface area contributed by atoms with E-state index >= 15 is 0 Å².